The average molecular weight is 461 g/mol. The molecule has 0 spiro atoms. The maximum Gasteiger partial charge on any atom is 0.417 e. The fraction of sp³-hybridized carbons (Fsp3) is 0.333. The lowest BCUT2D eigenvalue weighted by Gasteiger charge is -2.15. The second-order valence-electron chi connectivity index (χ2n) is 6.80. The van der Waals surface area contributed by atoms with E-state index in [1.54, 1.807) is 0 Å². The van der Waals surface area contributed by atoms with Gasteiger partial charge in [0.2, 0.25) is 5.91 Å². The van der Waals surface area contributed by atoms with E-state index in [1.807, 2.05) is 0 Å². The quantitative estimate of drug-likeness (QED) is 0.558. The molecule has 12 heteroatoms. The summed E-state index contributed by atoms with van der Waals surface area (Å²) in [5.74, 6) is -0.478. The predicted molar refractivity (Wildman–Crippen MR) is 103 cm³/mol. The zero-order chi connectivity index (χ0) is 21.6. The zero-order valence-corrected chi connectivity index (χ0v) is 16.7. The van der Waals surface area contributed by atoms with Crippen LogP contribution in [0.2, 0.25) is 5.02 Å². The Bertz CT molecular complexity index is 1190. The van der Waals surface area contributed by atoms with Crippen LogP contribution >= 0.6 is 22.9 Å². The maximum atomic E-state index is 13.3. The number of carbonyl (C=O) groups is 1. The minimum atomic E-state index is -4.66. The van der Waals surface area contributed by atoms with Crippen LogP contribution in [0.25, 0.3) is 21.3 Å². The van der Waals surface area contributed by atoms with Crippen LogP contribution in [0.3, 0.4) is 0 Å². The number of nitrogens with zero attached hydrogens (tertiary/aromatic N) is 4. The van der Waals surface area contributed by atoms with Crippen molar-refractivity contribution in [1.82, 2.24) is 19.9 Å². The summed E-state index contributed by atoms with van der Waals surface area (Å²) in [6.45, 7) is -0.227. The lowest BCUT2D eigenvalue weighted by Crippen LogP contribution is -2.36. The van der Waals surface area contributed by atoms with Crippen molar-refractivity contribution < 1.29 is 22.4 Å². The number of hydrogen-bond donors (Lipinski definition) is 0. The van der Waals surface area contributed by atoms with E-state index in [9.17, 15) is 27.2 Å². The number of fused-ring (bicyclic) bond motifs is 1. The van der Waals surface area contributed by atoms with Gasteiger partial charge in [-0.3, -0.25) is 9.59 Å². The summed E-state index contributed by atoms with van der Waals surface area (Å²) in [5, 5.41) is 8.76. The number of hydrogen-bond acceptors (Lipinski definition) is 5. The fourth-order valence-electron chi connectivity index (χ4n) is 3.29. The molecule has 1 fully saturated rings. The molecule has 0 saturated carbocycles. The number of carbonyl (C=O) groups excluding carboxylic acids is 1. The van der Waals surface area contributed by atoms with Gasteiger partial charge in [-0.05, 0) is 24.1 Å². The number of thiophene rings is 1. The van der Waals surface area contributed by atoms with Gasteiger partial charge in [0, 0.05) is 17.5 Å². The molecule has 158 valence electrons. The van der Waals surface area contributed by atoms with E-state index in [4.69, 9.17) is 11.6 Å². The van der Waals surface area contributed by atoms with Gasteiger partial charge < -0.3 is 4.90 Å². The molecular weight excluding hydrogens is 448 g/mol. The molecule has 1 unspecified atom stereocenters. The van der Waals surface area contributed by atoms with Gasteiger partial charge in [0.05, 0.1) is 22.5 Å². The number of aromatic nitrogens is 3. The lowest BCUT2D eigenvalue weighted by molar-refractivity contribution is -0.137. The second-order valence-corrected chi connectivity index (χ2v) is 8.07. The number of amides is 1. The normalized spacial score (nSPS) is 17.1. The number of rotatable bonds is 3. The lowest BCUT2D eigenvalue weighted by atomic mass is 10.0. The van der Waals surface area contributed by atoms with Crippen LogP contribution in [0.15, 0.2) is 28.4 Å². The zero-order valence-electron chi connectivity index (χ0n) is 15.1. The Morgan fingerprint density at radius 2 is 2.10 bits per heavy atom. The first-order valence-corrected chi connectivity index (χ1v) is 10.0. The van der Waals surface area contributed by atoms with Crippen molar-refractivity contribution in [3.8, 4) is 11.1 Å². The second kappa shape index (κ2) is 7.62. The van der Waals surface area contributed by atoms with E-state index in [0.29, 0.717) is 0 Å². The fourth-order valence-corrected chi connectivity index (χ4v) is 4.40. The smallest absolute Gasteiger partial charge is 0.338 e. The maximum absolute atomic E-state index is 13.3. The van der Waals surface area contributed by atoms with Gasteiger partial charge in [0.25, 0.3) is 5.56 Å². The molecular formula is C18H13ClF4N4O2S. The summed E-state index contributed by atoms with van der Waals surface area (Å²) in [6.07, 6.45) is -5.52. The molecule has 0 radical (unpaired) electrons. The highest BCUT2D eigenvalue weighted by atomic mass is 35.5. The van der Waals surface area contributed by atoms with Crippen LogP contribution < -0.4 is 5.56 Å². The molecule has 0 N–H and O–H groups in total. The van der Waals surface area contributed by atoms with Crippen molar-refractivity contribution in [2.75, 3.05) is 13.1 Å². The molecule has 30 heavy (non-hydrogen) atoms. The molecule has 1 aromatic carbocycles. The van der Waals surface area contributed by atoms with Gasteiger partial charge in [-0.1, -0.05) is 22.9 Å². The summed E-state index contributed by atoms with van der Waals surface area (Å²) in [7, 11) is 0. The third-order valence-corrected chi connectivity index (χ3v) is 6.01. The average Bonchev–Trinajstić information content (AvgIpc) is 3.30. The monoisotopic (exact) mass is 460 g/mol. The standard InChI is InChI=1S/C18H13ClF4N4O2S/c19-13-2-1-9(5-12(13)18(21,22)23)11-8-30-16-15(11)17(29)27(25-24-16)7-14(28)26-4-3-10(20)6-26/h1-2,5,8,10H,3-4,6-7H2. The molecule has 6 nitrogen and oxygen atoms in total. The molecule has 0 aliphatic carbocycles. The molecule has 1 aliphatic heterocycles. The molecule has 1 amide bonds. The van der Waals surface area contributed by atoms with Gasteiger partial charge in [-0.2, -0.15) is 13.2 Å². The highest BCUT2D eigenvalue weighted by Gasteiger charge is 2.34. The molecule has 4 rings (SSSR count). The minimum absolute atomic E-state index is 0.0437. The van der Waals surface area contributed by atoms with Gasteiger partial charge in [-0.25, -0.2) is 9.07 Å². The molecule has 0 bridgehead atoms. The van der Waals surface area contributed by atoms with Gasteiger partial charge in [0.15, 0.2) is 4.83 Å². The van der Waals surface area contributed by atoms with Crippen LogP contribution in [0, 0.1) is 0 Å². The number of halogens is 5. The van der Waals surface area contributed by atoms with E-state index in [-0.39, 0.29) is 40.9 Å². The summed E-state index contributed by atoms with van der Waals surface area (Å²) in [4.78, 5) is 26.8. The van der Waals surface area contributed by atoms with Crippen LogP contribution in [0.5, 0.6) is 0 Å². The highest BCUT2D eigenvalue weighted by molar-refractivity contribution is 7.17. The first kappa shape index (κ1) is 20.7. The molecule has 3 aromatic rings. The molecule has 3 heterocycles. The van der Waals surface area contributed by atoms with Crippen molar-refractivity contribution in [1.29, 1.82) is 0 Å². The van der Waals surface area contributed by atoms with E-state index in [0.717, 1.165) is 28.2 Å². The van der Waals surface area contributed by atoms with Gasteiger partial charge in [0.1, 0.15) is 12.7 Å². The van der Waals surface area contributed by atoms with Gasteiger partial charge in [-0.15, -0.1) is 16.4 Å². The Labute approximate surface area is 175 Å². The SMILES string of the molecule is O=C(Cn1nnc2scc(-c3ccc(Cl)c(C(F)(F)F)c3)c2c1=O)N1CCC(F)C1. The Morgan fingerprint density at radius 3 is 2.77 bits per heavy atom. The van der Waals surface area contributed by atoms with Crippen molar-refractivity contribution in [2.24, 2.45) is 0 Å². The van der Waals surface area contributed by atoms with Crippen LogP contribution in [-0.2, 0) is 17.5 Å². The minimum Gasteiger partial charge on any atom is -0.338 e. The van der Waals surface area contributed by atoms with Crippen molar-refractivity contribution in [2.45, 2.75) is 25.3 Å². The number of likely N-dealkylation sites (tertiary alicyclic amines) is 1. The van der Waals surface area contributed by atoms with Crippen LogP contribution in [0.4, 0.5) is 17.6 Å². The first-order chi connectivity index (χ1) is 14.1. The molecule has 2 aromatic heterocycles. The third kappa shape index (κ3) is 3.79. The largest absolute Gasteiger partial charge is 0.417 e. The number of benzene rings is 1. The van der Waals surface area contributed by atoms with E-state index in [1.165, 1.54) is 16.3 Å². The molecule has 1 atom stereocenters. The van der Waals surface area contributed by atoms with E-state index < -0.39 is 40.9 Å². The highest BCUT2D eigenvalue weighted by Crippen LogP contribution is 2.39. The first-order valence-electron chi connectivity index (χ1n) is 8.79. The predicted octanol–water partition coefficient (Wildman–Crippen LogP) is 3.76. The Balaban J connectivity index is 1.74. The molecule has 1 saturated heterocycles. The van der Waals surface area contributed by atoms with Crippen molar-refractivity contribution in [3.63, 3.8) is 0 Å². The Kier molecular flexibility index (Phi) is 5.27. The molecule has 1 aliphatic rings. The van der Waals surface area contributed by atoms with E-state index in [2.05, 4.69) is 10.3 Å². The summed E-state index contributed by atoms with van der Waals surface area (Å²) in [6, 6.07) is 3.35. The Morgan fingerprint density at radius 1 is 1.33 bits per heavy atom. The van der Waals surface area contributed by atoms with Crippen LogP contribution in [-0.4, -0.2) is 45.1 Å². The summed E-state index contributed by atoms with van der Waals surface area (Å²) in [5.41, 5.74) is -1.30. The van der Waals surface area contributed by atoms with Crippen LogP contribution in [0.1, 0.15) is 12.0 Å². The van der Waals surface area contributed by atoms with E-state index >= 15 is 0 Å². The summed E-state index contributed by atoms with van der Waals surface area (Å²) < 4.78 is 53.8. The summed E-state index contributed by atoms with van der Waals surface area (Å²) >= 11 is 6.72. The number of alkyl halides is 4. The Hall–Kier alpha value is -2.53. The topological polar surface area (TPSA) is 68.1 Å². The van der Waals surface area contributed by atoms with Crippen molar-refractivity contribution in [3.05, 3.63) is 44.5 Å². The van der Waals surface area contributed by atoms with Gasteiger partial charge >= 0.3 is 6.18 Å². The van der Waals surface area contributed by atoms with Crippen molar-refractivity contribution >= 4 is 39.1 Å². The third-order valence-electron chi connectivity index (χ3n) is 4.81.